The quantitative estimate of drug-likeness (QED) is 0.308. The van der Waals surface area contributed by atoms with Gasteiger partial charge in [0.15, 0.2) is 0 Å². The number of methoxy groups -OCH3 is 1. The van der Waals surface area contributed by atoms with Crippen LogP contribution in [0.4, 0.5) is 11.4 Å². The molecule has 1 aromatic heterocycles. The van der Waals surface area contributed by atoms with Crippen LogP contribution in [-0.2, 0) is 4.79 Å². The third kappa shape index (κ3) is 6.10. The lowest BCUT2D eigenvalue weighted by molar-refractivity contribution is -0.115. The minimum absolute atomic E-state index is 0.0593. The molecule has 1 atom stereocenters. The van der Waals surface area contributed by atoms with Crippen molar-refractivity contribution in [3.8, 4) is 5.75 Å². The van der Waals surface area contributed by atoms with E-state index in [4.69, 9.17) is 4.74 Å². The molecule has 7 heteroatoms. The average molecular weight is 472 g/mol. The van der Waals surface area contributed by atoms with E-state index in [0.29, 0.717) is 16.9 Å². The molecular weight excluding hydrogens is 446 g/mol. The Balaban J connectivity index is 1.32. The first-order valence-corrected chi connectivity index (χ1v) is 11.7. The molecule has 3 aromatic carbocycles. The Labute approximate surface area is 202 Å². The monoisotopic (exact) mass is 471 g/mol. The first kappa shape index (κ1) is 23.2. The summed E-state index contributed by atoms with van der Waals surface area (Å²) < 4.78 is 5.12. The second kappa shape index (κ2) is 11.3. The smallest absolute Gasteiger partial charge is 0.255 e. The number of hydrogen-bond acceptors (Lipinski definition) is 5. The van der Waals surface area contributed by atoms with Crippen LogP contribution in [-0.4, -0.2) is 25.5 Å². The molecule has 0 bridgehead atoms. The number of benzene rings is 3. The maximum absolute atomic E-state index is 12.6. The summed E-state index contributed by atoms with van der Waals surface area (Å²) in [4.78, 5) is 26.2. The molecule has 1 heterocycles. The SMILES string of the molecule is COc1ccc(NC(=O)c2ccc(NC(=O)CNC(c3ccccc3)c3cccs3)cc2)cc1. The number of thiophene rings is 1. The number of carbonyl (C=O) groups excluding carboxylic acids is 2. The third-order valence-corrected chi connectivity index (χ3v) is 6.14. The van der Waals surface area contributed by atoms with Crippen molar-refractivity contribution in [3.63, 3.8) is 0 Å². The summed E-state index contributed by atoms with van der Waals surface area (Å²) in [7, 11) is 1.59. The molecule has 0 fully saturated rings. The van der Waals surface area contributed by atoms with Gasteiger partial charge in [-0.25, -0.2) is 0 Å². The molecule has 0 saturated carbocycles. The molecule has 34 heavy (non-hydrogen) atoms. The van der Waals surface area contributed by atoms with E-state index >= 15 is 0 Å². The van der Waals surface area contributed by atoms with Gasteiger partial charge in [-0.1, -0.05) is 36.4 Å². The number of nitrogens with one attached hydrogen (secondary N) is 3. The van der Waals surface area contributed by atoms with E-state index in [1.807, 2.05) is 41.8 Å². The summed E-state index contributed by atoms with van der Waals surface area (Å²) in [6, 6.07) is 28.0. The van der Waals surface area contributed by atoms with Crippen LogP contribution in [0.3, 0.4) is 0 Å². The fourth-order valence-electron chi connectivity index (χ4n) is 3.47. The molecular formula is C27H25N3O3S. The zero-order valence-corrected chi connectivity index (χ0v) is 19.5. The van der Waals surface area contributed by atoms with Gasteiger partial charge in [0.2, 0.25) is 5.91 Å². The standard InChI is InChI=1S/C27H25N3O3S/c1-33-23-15-13-22(14-16-23)30-27(32)20-9-11-21(12-10-20)29-25(31)18-28-26(24-8-5-17-34-24)19-6-3-2-4-7-19/h2-17,26,28H,18H2,1H3,(H,29,31)(H,30,32). The largest absolute Gasteiger partial charge is 0.497 e. The Hall–Kier alpha value is -3.94. The number of hydrogen-bond donors (Lipinski definition) is 3. The summed E-state index contributed by atoms with van der Waals surface area (Å²) in [5.41, 5.74) is 2.90. The van der Waals surface area contributed by atoms with Gasteiger partial charge in [-0.2, -0.15) is 0 Å². The zero-order valence-electron chi connectivity index (χ0n) is 18.7. The van der Waals surface area contributed by atoms with Crippen molar-refractivity contribution >= 4 is 34.5 Å². The van der Waals surface area contributed by atoms with Crippen LogP contribution in [0.1, 0.15) is 26.8 Å². The van der Waals surface area contributed by atoms with Crippen molar-refractivity contribution in [2.45, 2.75) is 6.04 Å². The van der Waals surface area contributed by atoms with Crippen LogP contribution in [0.25, 0.3) is 0 Å². The topological polar surface area (TPSA) is 79.5 Å². The van der Waals surface area contributed by atoms with Gasteiger partial charge in [-0.05, 0) is 65.5 Å². The summed E-state index contributed by atoms with van der Waals surface area (Å²) in [6.45, 7) is 0.150. The second-order valence-corrected chi connectivity index (χ2v) is 8.53. The van der Waals surface area contributed by atoms with Crippen LogP contribution in [0.2, 0.25) is 0 Å². The first-order chi connectivity index (χ1) is 16.6. The minimum Gasteiger partial charge on any atom is -0.497 e. The van der Waals surface area contributed by atoms with Crippen molar-refractivity contribution in [1.29, 1.82) is 0 Å². The molecule has 2 amide bonds. The van der Waals surface area contributed by atoms with Crippen LogP contribution >= 0.6 is 11.3 Å². The lowest BCUT2D eigenvalue weighted by Crippen LogP contribution is -2.31. The van der Waals surface area contributed by atoms with Crippen LogP contribution in [0, 0.1) is 0 Å². The fourth-order valence-corrected chi connectivity index (χ4v) is 4.29. The summed E-state index contributed by atoms with van der Waals surface area (Å²) in [6.07, 6.45) is 0. The summed E-state index contributed by atoms with van der Waals surface area (Å²) in [5, 5.41) is 11.1. The maximum Gasteiger partial charge on any atom is 0.255 e. The number of rotatable bonds is 9. The predicted octanol–water partition coefficient (Wildman–Crippen LogP) is 5.33. The molecule has 6 nitrogen and oxygen atoms in total. The molecule has 4 rings (SSSR count). The lowest BCUT2D eigenvalue weighted by Gasteiger charge is -2.18. The van der Waals surface area contributed by atoms with Crippen molar-refractivity contribution in [2.24, 2.45) is 0 Å². The summed E-state index contributed by atoms with van der Waals surface area (Å²) >= 11 is 1.65. The van der Waals surface area contributed by atoms with E-state index in [1.54, 1.807) is 67.0 Å². The van der Waals surface area contributed by atoms with E-state index < -0.39 is 0 Å². The van der Waals surface area contributed by atoms with E-state index in [1.165, 1.54) is 0 Å². The van der Waals surface area contributed by atoms with Crippen LogP contribution in [0.15, 0.2) is 96.4 Å². The predicted molar refractivity (Wildman–Crippen MR) is 137 cm³/mol. The van der Waals surface area contributed by atoms with Crippen molar-refractivity contribution < 1.29 is 14.3 Å². The van der Waals surface area contributed by atoms with Gasteiger partial charge in [-0.15, -0.1) is 11.3 Å². The minimum atomic E-state index is -0.230. The molecule has 0 saturated heterocycles. The average Bonchev–Trinajstić information content (AvgIpc) is 3.40. The zero-order chi connectivity index (χ0) is 23.8. The molecule has 4 aromatic rings. The fraction of sp³-hybridized carbons (Fsp3) is 0.111. The van der Waals surface area contributed by atoms with Crippen molar-refractivity contribution in [3.05, 3.63) is 112 Å². The summed E-state index contributed by atoms with van der Waals surface area (Å²) in [5.74, 6) is 0.331. The number of amides is 2. The molecule has 0 spiro atoms. The molecule has 0 aliphatic heterocycles. The molecule has 172 valence electrons. The highest BCUT2D eigenvalue weighted by molar-refractivity contribution is 7.10. The lowest BCUT2D eigenvalue weighted by atomic mass is 10.1. The molecule has 0 radical (unpaired) electrons. The maximum atomic E-state index is 12.6. The van der Waals surface area contributed by atoms with Gasteiger partial charge in [0.1, 0.15) is 5.75 Å². The van der Waals surface area contributed by atoms with E-state index in [9.17, 15) is 9.59 Å². The normalized spacial score (nSPS) is 11.4. The van der Waals surface area contributed by atoms with E-state index in [2.05, 4.69) is 22.0 Å². The Kier molecular flexibility index (Phi) is 7.70. The van der Waals surface area contributed by atoms with Crippen LogP contribution in [0.5, 0.6) is 5.75 Å². The van der Waals surface area contributed by atoms with E-state index in [0.717, 1.165) is 16.2 Å². The van der Waals surface area contributed by atoms with Gasteiger partial charge in [0.25, 0.3) is 5.91 Å². The third-order valence-electron chi connectivity index (χ3n) is 5.21. The van der Waals surface area contributed by atoms with Gasteiger partial charge >= 0.3 is 0 Å². The van der Waals surface area contributed by atoms with E-state index in [-0.39, 0.29) is 24.4 Å². The first-order valence-electron chi connectivity index (χ1n) is 10.8. The Morgan fingerprint density at radius 1 is 0.824 bits per heavy atom. The Morgan fingerprint density at radius 3 is 2.15 bits per heavy atom. The van der Waals surface area contributed by atoms with Crippen molar-refractivity contribution in [1.82, 2.24) is 5.32 Å². The number of carbonyl (C=O) groups is 2. The van der Waals surface area contributed by atoms with Crippen LogP contribution < -0.4 is 20.7 Å². The second-order valence-electron chi connectivity index (χ2n) is 7.55. The highest BCUT2D eigenvalue weighted by atomic mass is 32.1. The van der Waals surface area contributed by atoms with Gasteiger partial charge in [-0.3, -0.25) is 14.9 Å². The molecule has 1 unspecified atom stereocenters. The van der Waals surface area contributed by atoms with Crippen molar-refractivity contribution in [2.75, 3.05) is 24.3 Å². The highest BCUT2D eigenvalue weighted by Gasteiger charge is 2.16. The molecule has 0 aliphatic rings. The van der Waals surface area contributed by atoms with Gasteiger partial charge in [0.05, 0.1) is 19.7 Å². The van der Waals surface area contributed by atoms with Gasteiger partial charge in [0, 0.05) is 21.8 Å². The Bertz CT molecular complexity index is 1210. The highest BCUT2D eigenvalue weighted by Crippen LogP contribution is 2.25. The number of ether oxygens (including phenoxy) is 1. The Morgan fingerprint density at radius 2 is 1.50 bits per heavy atom. The molecule has 0 aliphatic carbocycles. The van der Waals surface area contributed by atoms with Gasteiger partial charge < -0.3 is 15.4 Å². The molecule has 3 N–H and O–H groups in total. The number of anilines is 2.